The number of likely N-dealkylation sites (tertiary alicyclic amines) is 1. The maximum absolute atomic E-state index is 13.1. The lowest BCUT2D eigenvalue weighted by Crippen LogP contribution is -2.43. The minimum atomic E-state index is -0.949. The predicted molar refractivity (Wildman–Crippen MR) is 215 cm³/mol. The number of aliphatic hydroxyl groups excluding tert-OH is 2. The third kappa shape index (κ3) is 15.7. The van der Waals surface area contributed by atoms with Crippen molar-refractivity contribution in [2.45, 2.75) is 188 Å². The van der Waals surface area contributed by atoms with E-state index in [1.165, 1.54) is 50.5 Å². The van der Waals surface area contributed by atoms with Crippen LogP contribution in [0.5, 0.6) is 0 Å². The molecule has 8 nitrogen and oxygen atoms in total. The Morgan fingerprint density at radius 2 is 1.66 bits per heavy atom. The van der Waals surface area contributed by atoms with Crippen molar-refractivity contribution in [2.75, 3.05) is 13.1 Å². The number of nitrogens with one attached hydrogen (secondary N) is 1. The average molecular weight is 741 g/mol. The summed E-state index contributed by atoms with van der Waals surface area (Å²) in [7, 11) is 0. The van der Waals surface area contributed by atoms with Gasteiger partial charge in [0.1, 0.15) is 6.10 Å². The average Bonchev–Trinajstić information content (AvgIpc) is 3.58. The van der Waals surface area contributed by atoms with E-state index in [4.69, 9.17) is 4.74 Å². The second-order valence-corrected chi connectivity index (χ2v) is 17.3. The molecule has 3 aliphatic rings. The predicted octanol–water partition coefficient (Wildman–Crippen LogP) is 9.00. The van der Waals surface area contributed by atoms with Crippen LogP contribution in [-0.4, -0.2) is 70.3 Å². The van der Waals surface area contributed by atoms with E-state index in [0.29, 0.717) is 38.3 Å². The number of unbranched alkanes of at least 4 members (excludes halogenated alkanes) is 9. The van der Waals surface area contributed by atoms with Crippen LogP contribution in [0.4, 0.5) is 0 Å². The quantitative estimate of drug-likeness (QED) is 0.0517. The highest BCUT2D eigenvalue weighted by atomic mass is 16.5. The molecule has 8 atom stereocenters. The monoisotopic (exact) mass is 741 g/mol. The van der Waals surface area contributed by atoms with E-state index in [-0.39, 0.29) is 60.5 Å². The summed E-state index contributed by atoms with van der Waals surface area (Å²) in [6.07, 6.45) is 26.8. The van der Waals surface area contributed by atoms with E-state index in [1.807, 2.05) is 25.7 Å². The molecule has 0 aromatic heterocycles. The Labute approximate surface area is 322 Å². The number of rotatable bonds is 24. The smallest absolute Gasteiger partial charge is 0.311 e. The lowest BCUT2D eigenvalue weighted by atomic mass is 9.65. The number of nitrogens with zero attached hydrogens (tertiary/aromatic N) is 1. The zero-order chi connectivity index (χ0) is 38.8. The van der Waals surface area contributed by atoms with E-state index >= 15 is 0 Å². The van der Waals surface area contributed by atoms with E-state index in [0.717, 1.165) is 44.9 Å². The lowest BCUT2D eigenvalue weighted by Gasteiger charge is -2.44. The number of ether oxygens (including phenoxy) is 1. The fourth-order valence-corrected chi connectivity index (χ4v) is 8.32. The molecule has 0 spiro atoms. The summed E-state index contributed by atoms with van der Waals surface area (Å²) in [6, 6.07) is -0.103. The summed E-state index contributed by atoms with van der Waals surface area (Å²) in [4.78, 5) is 40.6. The van der Waals surface area contributed by atoms with E-state index < -0.39 is 17.6 Å². The largest absolute Gasteiger partial charge is 0.461 e. The molecule has 0 aromatic rings. The van der Waals surface area contributed by atoms with Crippen molar-refractivity contribution in [1.82, 2.24) is 10.2 Å². The summed E-state index contributed by atoms with van der Waals surface area (Å²) >= 11 is 0. The number of aliphatic hydroxyl groups is 2. The van der Waals surface area contributed by atoms with Crippen LogP contribution < -0.4 is 5.32 Å². The highest BCUT2D eigenvalue weighted by Gasteiger charge is 2.43. The van der Waals surface area contributed by atoms with Gasteiger partial charge in [-0.15, -0.1) is 0 Å². The Morgan fingerprint density at radius 1 is 0.981 bits per heavy atom. The third-order valence-corrected chi connectivity index (χ3v) is 12.1. The molecule has 0 saturated carbocycles. The third-order valence-electron chi connectivity index (χ3n) is 12.1. The molecule has 302 valence electrons. The van der Waals surface area contributed by atoms with Gasteiger partial charge in [-0.2, -0.15) is 0 Å². The number of amides is 2. The van der Waals surface area contributed by atoms with Crippen LogP contribution in [-0.2, 0) is 19.1 Å². The van der Waals surface area contributed by atoms with E-state index in [2.05, 4.69) is 56.5 Å². The summed E-state index contributed by atoms with van der Waals surface area (Å²) in [5.41, 5.74) is 0.683. The molecule has 2 unspecified atom stereocenters. The Kier molecular flexibility index (Phi) is 19.9. The SMILES string of the molecule is CCCCCCC/C=C\CCCCCCC(=O)N1CC[C@@H](NC(=O)C[C@H](O)C[C@@H](O)CC[C@@H]2C3C(=C[C@H](C)CC3OC(=O)C(C)(C)CC)C=C[C@@H]2C)C1. The van der Waals surface area contributed by atoms with Crippen LogP contribution in [0.1, 0.15) is 164 Å². The molecule has 0 bridgehead atoms. The summed E-state index contributed by atoms with van der Waals surface area (Å²) in [5.74, 6) is 0.623. The molecule has 0 radical (unpaired) electrons. The first-order chi connectivity index (χ1) is 25.3. The Bertz CT molecular complexity index is 1210. The van der Waals surface area contributed by atoms with Crippen molar-refractivity contribution >= 4 is 17.8 Å². The van der Waals surface area contributed by atoms with Crippen LogP contribution in [0.25, 0.3) is 0 Å². The number of hydrogen-bond donors (Lipinski definition) is 3. The van der Waals surface area contributed by atoms with Crippen molar-refractivity contribution in [1.29, 1.82) is 0 Å². The van der Waals surface area contributed by atoms with Crippen molar-refractivity contribution in [2.24, 2.45) is 29.1 Å². The second-order valence-electron chi connectivity index (χ2n) is 17.3. The Hall–Kier alpha value is -2.45. The lowest BCUT2D eigenvalue weighted by molar-refractivity contribution is -0.164. The molecule has 8 heteroatoms. The topological polar surface area (TPSA) is 116 Å². The molecule has 1 aliphatic heterocycles. The molecule has 53 heavy (non-hydrogen) atoms. The maximum atomic E-state index is 13.1. The molecule has 1 saturated heterocycles. The number of allylic oxidation sites excluding steroid dienone is 5. The fourth-order valence-electron chi connectivity index (χ4n) is 8.32. The maximum Gasteiger partial charge on any atom is 0.311 e. The molecule has 2 amide bonds. The van der Waals surface area contributed by atoms with E-state index in [1.54, 1.807) is 0 Å². The first-order valence-electron chi connectivity index (χ1n) is 21.5. The fraction of sp³-hybridized carbons (Fsp3) is 0.800. The van der Waals surface area contributed by atoms with Crippen LogP contribution in [0.15, 0.2) is 36.0 Å². The van der Waals surface area contributed by atoms with Gasteiger partial charge in [-0.25, -0.2) is 0 Å². The van der Waals surface area contributed by atoms with Gasteiger partial charge in [0.15, 0.2) is 0 Å². The standard InChI is InChI=1S/C45H76N2O6/c1-7-9-10-11-12-13-14-15-16-17-18-19-20-21-42(51)47-27-26-36(32-47)46-41(50)31-38(49)30-37(48)24-25-39-34(4)22-23-35-28-33(3)29-40(43(35)39)53-44(52)45(5,6)8-2/h14-15,22-23,28,33-34,36-40,43,48-49H,7-13,16-21,24-27,29-32H2,1-6H3,(H,46,50)/b15-14-/t33-,34-,36+,37-,38+,39-,40?,43?/m0/s1. The molecule has 2 aliphatic carbocycles. The molecule has 1 heterocycles. The molecule has 0 aromatic carbocycles. The number of esters is 1. The van der Waals surface area contributed by atoms with Crippen molar-refractivity contribution in [3.8, 4) is 0 Å². The van der Waals surface area contributed by atoms with Gasteiger partial charge in [0, 0.05) is 31.5 Å². The highest BCUT2D eigenvalue weighted by molar-refractivity contribution is 5.78. The number of carbonyl (C=O) groups is 3. The van der Waals surface area contributed by atoms with Gasteiger partial charge in [-0.05, 0) is 108 Å². The van der Waals surface area contributed by atoms with Gasteiger partial charge in [0.2, 0.25) is 11.8 Å². The van der Waals surface area contributed by atoms with Gasteiger partial charge >= 0.3 is 5.97 Å². The molecule has 1 fully saturated rings. The Morgan fingerprint density at radius 3 is 2.34 bits per heavy atom. The molecular formula is C45H76N2O6. The van der Waals surface area contributed by atoms with Crippen LogP contribution >= 0.6 is 0 Å². The van der Waals surface area contributed by atoms with Gasteiger partial charge in [0.25, 0.3) is 0 Å². The first-order valence-corrected chi connectivity index (χ1v) is 21.5. The van der Waals surface area contributed by atoms with Gasteiger partial charge < -0.3 is 25.2 Å². The van der Waals surface area contributed by atoms with Crippen molar-refractivity contribution in [3.05, 3.63) is 36.0 Å². The van der Waals surface area contributed by atoms with Gasteiger partial charge in [0.05, 0.1) is 24.0 Å². The zero-order valence-corrected chi connectivity index (χ0v) is 34.3. The highest BCUT2D eigenvalue weighted by Crippen LogP contribution is 2.45. The minimum Gasteiger partial charge on any atom is -0.461 e. The summed E-state index contributed by atoms with van der Waals surface area (Å²) in [5, 5.41) is 24.7. The molecule has 3 N–H and O–H groups in total. The normalized spacial score (nSPS) is 25.6. The molecule has 3 rings (SSSR count). The summed E-state index contributed by atoms with van der Waals surface area (Å²) < 4.78 is 6.22. The van der Waals surface area contributed by atoms with Crippen LogP contribution in [0.2, 0.25) is 0 Å². The Balaban J connectivity index is 1.32. The molecular weight excluding hydrogens is 665 g/mol. The van der Waals surface area contributed by atoms with Gasteiger partial charge in [-0.1, -0.05) is 96.6 Å². The van der Waals surface area contributed by atoms with Gasteiger partial charge in [-0.3, -0.25) is 14.4 Å². The zero-order valence-electron chi connectivity index (χ0n) is 34.3. The van der Waals surface area contributed by atoms with Crippen molar-refractivity contribution < 1.29 is 29.3 Å². The van der Waals surface area contributed by atoms with Crippen LogP contribution in [0.3, 0.4) is 0 Å². The number of fused-ring (bicyclic) bond motifs is 1. The second kappa shape index (κ2) is 23.5. The van der Waals surface area contributed by atoms with Crippen LogP contribution in [0, 0.1) is 29.1 Å². The number of hydrogen-bond acceptors (Lipinski definition) is 6. The first kappa shape index (κ1) is 44.9. The summed E-state index contributed by atoms with van der Waals surface area (Å²) in [6.45, 7) is 13.6. The number of carbonyl (C=O) groups excluding carboxylic acids is 3. The van der Waals surface area contributed by atoms with Crippen molar-refractivity contribution in [3.63, 3.8) is 0 Å². The minimum absolute atomic E-state index is 0.0726. The van der Waals surface area contributed by atoms with E-state index in [9.17, 15) is 24.6 Å².